The maximum atomic E-state index is 12.7. The van der Waals surface area contributed by atoms with Gasteiger partial charge in [0, 0.05) is 47.8 Å². The Morgan fingerprint density at radius 3 is 2.68 bits per heavy atom. The lowest BCUT2D eigenvalue weighted by molar-refractivity contribution is 0.102. The van der Waals surface area contributed by atoms with Gasteiger partial charge in [-0.3, -0.25) is 9.78 Å². The fourth-order valence-electron chi connectivity index (χ4n) is 3.05. The quantitative estimate of drug-likeness (QED) is 0.355. The number of nitrogens with zero attached hydrogens (tertiary/aromatic N) is 4. The molecule has 1 aromatic carbocycles. The maximum absolute atomic E-state index is 12.7. The summed E-state index contributed by atoms with van der Waals surface area (Å²) in [6.07, 6.45) is 6.64. The minimum atomic E-state index is -0.274. The summed E-state index contributed by atoms with van der Waals surface area (Å²) in [5, 5.41) is 6.13. The van der Waals surface area contributed by atoms with E-state index in [2.05, 4.69) is 37.1 Å². The number of amides is 1. The van der Waals surface area contributed by atoms with Crippen LogP contribution in [-0.4, -0.2) is 32.4 Å². The highest BCUT2D eigenvalue weighted by atomic mass is 16.5. The van der Waals surface area contributed by atoms with Crippen LogP contribution >= 0.6 is 0 Å². The smallest absolute Gasteiger partial charge is 0.257 e. The number of carbonyl (C=O) groups excluding carboxylic acids is 1. The van der Waals surface area contributed by atoms with Crippen molar-refractivity contribution in [3.63, 3.8) is 0 Å². The third kappa shape index (κ3) is 5.80. The molecule has 34 heavy (non-hydrogen) atoms. The molecule has 0 saturated carbocycles. The number of anilines is 3. The van der Waals surface area contributed by atoms with Crippen molar-refractivity contribution in [2.45, 2.75) is 13.8 Å². The Morgan fingerprint density at radius 1 is 1.06 bits per heavy atom. The minimum absolute atomic E-state index is 0.274. The van der Waals surface area contributed by atoms with Gasteiger partial charge in [0.25, 0.3) is 5.91 Å². The number of pyridine rings is 2. The monoisotopic (exact) mass is 452 g/mol. The third-order valence-corrected chi connectivity index (χ3v) is 4.82. The Kier molecular flexibility index (Phi) is 6.88. The topological polar surface area (TPSA) is 102 Å². The van der Waals surface area contributed by atoms with E-state index in [0.717, 1.165) is 28.1 Å². The molecule has 0 aliphatic rings. The Morgan fingerprint density at radius 2 is 1.94 bits per heavy atom. The molecule has 0 saturated heterocycles. The number of nitrogens with one attached hydrogen (secondary N) is 2. The van der Waals surface area contributed by atoms with Gasteiger partial charge < -0.3 is 15.4 Å². The van der Waals surface area contributed by atoms with Crippen LogP contribution in [0.15, 0.2) is 85.5 Å². The van der Waals surface area contributed by atoms with Gasteiger partial charge in [0.15, 0.2) is 0 Å². The molecule has 0 spiro atoms. The molecule has 0 atom stereocenters. The van der Waals surface area contributed by atoms with Crippen LogP contribution in [0.4, 0.5) is 17.3 Å². The van der Waals surface area contributed by atoms with E-state index in [0.29, 0.717) is 29.7 Å². The van der Waals surface area contributed by atoms with Crippen molar-refractivity contribution in [3.8, 4) is 17.1 Å². The van der Waals surface area contributed by atoms with Crippen LogP contribution in [0.3, 0.4) is 0 Å². The molecule has 0 unspecified atom stereocenters. The van der Waals surface area contributed by atoms with Gasteiger partial charge in [-0.15, -0.1) is 0 Å². The Balaban J connectivity index is 1.46. The van der Waals surface area contributed by atoms with Crippen LogP contribution in [0.5, 0.6) is 5.88 Å². The van der Waals surface area contributed by atoms with Crippen LogP contribution in [0.25, 0.3) is 11.3 Å². The first-order chi connectivity index (χ1) is 16.5. The molecule has 0 radical (unpaired) electrons. The van der Waals surface area contributed by atoms with E-state index in [9.17, 15) is 4.79 Å². The van der Waals surface area contributed by atoms with E-state index in [1.807, 2.05) is 50.2 Å². The lowest BCUT2D eigenvalue weighted by atomic mass is 10.1. The van der Waals surface area contributed by atoms with Crippen LogP contribution in [0.1, 0.15) is 22.8 Å². The van der Waals surface area contributed by atoms with Gasteiger partial charge in [-0.2, -0.15) is 0 Å². The van der Waals surface area contributed by atoms with Crippen molar-refractivity contribution >= 4 is 23.2 Å². The molecule has 2 N–H and O–H groups in total. The minimum Gasteiger partial charge on any atom is -0.473 e. The second kappa shape index (κ2) is 10.4. The van der Waals surface area contributed by atoms with Gasteiger partial charge in [0.2, 0.25) is 11.8 Å². The Labute approximate surface area is 197 Å². The zero-order valence-corrected chi connectivity index (χ0v) is 18.9. The molecular weight excluding hydrogens is 428 g/mol. The van der Waals surface area contributed by atoms with Crippen LogP contribution in [-0.2, 0) is 0 Å². The summed E-state index contributed by atoms with van der Waals surface area (Å²) >= 11 is 0. The van der Waals surface area contributed by atoms with E-state index >= 15 is 0 Å². The molecule has 0 aliphatic carbocycles. The molecule has 0 aliphatic heterocycles. The standard InChI is InChI=1S/C26H24N6O2/c1-17(2)16-34-24-9-7-20(15-29-24)25(33)30-21-8-6-18(3)23(13-21)32-26-28-12-10-22(31-26)19-5-4-11-27-14-19/h4-15H,1,16H2,2-3H3,(H,30,33)(H,28,31,32). The third-order valence-electron chi connectivity index (χ3n) is 4.82. The van der Waals surface area contributed by atoms with Gasteiger partial charge in [-0.1, -0.05) is 12.6 Å². The van der Waals surface area contributed by atoms with Crippen molar-refractivity contribution in [2.24, 2.45) is 0 Å². The molecule has 8 nitrogen and oxygen atoms in total. The van der Waals surface area contributed by atoms with Crippen LogP contribution in [0.2, 0.25) is 0 Å². The molecule has 3 heterocycles. The highest BCUT2D eigenvalue weighted by molar-refractivity contribution is 6.04. The summed E-state index contributed by atoms with van der Waals surface area (Å²) in [5.41, 5.74) is 5.36. The number of carbonyl (C=O) groups is 1. The Bertz CT molecular complexity index is 1310. The summed E-state index contributed by atoms with van der Waals surface area (Å²) in [6.45, 7) is 8.01. The summed E-state index contributed by atoms with van der Waals surface area (Å²) in [7, 11) is 0. The van der Waals surface area contributed by atoms with Crippen molar-refractivity contribution in [1.82, 2.24) is 19.9 Å². The molecule has 0 bridgehead atoms. The molecule has 3 aromatic heterocycles. The first-order valence-electron chi connectivity index (χ1n) is 10.6. The van der Waals surface area contributed by atoms with Crippen LogP contribution in [0, 0.1) is 6.92 Å². The molecular formula is C26H24N6O2. The second-order valence-corrected chi connectivity index (χ2v) is 7.75. The SMILES string of the molecule is C=C(C)COc1ccc(C(=O)Nc2ccc(C)c(Nc3nccc(-c4cccnc4)n3)c2)cn1. The van der Waals surface area contributed by atoms with Gasteiger partial charge in [-0.25, -0.2) is 15.0 Å². The van der Waals surface area contributed by atoms with Crippen molar-refractivity contribution in [2.75, 3.05) is 17.2 Å². The van der Waals surface area contributed by atoms with E-state index in [1.165, 1.54) is 6.20 Å². The number of aromatic nitrogens is 4. The number of hydrogen-bond donors (Lipinski definition) is 2. The summed E-state index contributed by atoms with van der Waals surface area (Å²) < 4.78 is 5.48. The van der Waals surface area contributed by atoms with Crippen molar-refractivity contribution < 1.29 is 9.53 Å². The summed E-state index contributed by atoms with van der Waals surface area (Å²) in [5.74, 6) is 0.612. The molecule has 0 fully saturated rings. The maximum Gasteiger partial charge on any atom is 0.257 e. The predicted octanol–water partition coefficient (Wildman–Crippen LogP) is 5.19. The Hall–Kier alpha value is -4.59. The number of hydrogen-bond acceptors (Lipinski definition) is 7. The van der Waals surface area contributed by atoms with E-state index in [4.69, 9.17) is 4.74 Å². The van der Waals surface area contributed by atoms with E-state index < -0.39 is 0 Å². The molecule has 1 amide bonds. The van der Waals surface area contributed by atoms with Gasteiger partial charge >= 0.3 is 0 Å². The number of rotatable bonds is 8. The average Bonchev–Trinajstić information content (AvgIpc) is 2.86. The first-order valence-corrected chi connectivity index (χ1v) is 10.6. The summed E-state index contributed by atoms with van der Waals surface area (Å²) in [4.78, 5) is 29.9. The molecule has 4 rings (SSSR count). The average molecular weight is 453 g/mol. The van der Waals surface area contributed by atoms with Gasteiger partial charge in [-0.05, 0) is 61.4 Å². The highest BCUT2D eigenvalue weighted by Gasteiger charge is 2.10. The van der Waals surface area contributed by atoms with E-state index in [-0.39, 0.29) is 5.91 Å². The fourth-order valence-corrected chi connectivity index (χ4v) is 3.05. The first kappa shape index (κ1) is 22.6. The fraction of sp³-hybridized carbons (Fsp3) is 0.115. The highest BCUT2D eigenvalue weighted by Crippen LogP contribution is 2.24. The lowest BCUT2D eigenvalue weighted by Gasteiger charge is -2.12. The summed E-state index contributed by atoms with van der Waals surface area (Å²) in [6, 6.07) is 14.5. The normalized spacial score (nSPS) is 10.4. The second-order valence-electron chi connectivity index (χ2n) is 7.75. The molecule has 4 aromatic rings. The van der Waals surface area contributed by atoms with E-state index in [1.54, 1.807) is 30.7 Å². The van der Waals surface area contributed by atoms with Gasteiger partial charge in [0.1, 0.15) is 6.61 Å². The van der Waals surface area contributed by atoms with Crippen LogP contribution < -0.4 is 15.4 Å². The zero-order chi connectivity index (χ0) is 23.9. The number of benzene rings is 1. The number of aryl methyl sites for hydroxylation is 1. The molecule has 8 heteroatoms. The molecule has 170 valence electrons. The zero-order valence-electron chi connectivity index (χ0n) is 18.9. The predicted molar refractivity (Wildman–Crippen MR) is 132 cm³/mol. The van der Waals surface area contributed by atoms with Crippen molar-refractivity contribution in [3.05, 3.63) is 96.6 Å². The van der Waals surface area contributed by atoms with Crippen molar-refractivity contribution in [1.29, 1.82) is 0 Å². The van der Waals surface area contributed by atoms with Gasteiger partial charge in [0.05, 0.1) is 11.3 Å². The lowest BCUT2D eigenvalue weighted by Crippen LogP contribution is -2.12. The number of ether oxygens (including phenoxy) is 1. The largest absolute Gasteiger partial charge is 0.473 e.